The van der Waals surface area contributed by atoms with E-state index in [9.17, 15) is 9.59 Å². The molecule has 21 heavy (non-hydrogen) atoms. The summed E-state index contributed by atoms with van der Waals surface area (Å²) in [4.78, 5) is 33.1. The van der Waals surface area contributed by atoms with Gasteiger partial charge < -0.3 is 15.2 Å². The summed E-state index contributed by atoms with van der Waals surface area (Å²) in [6, 6.07) is -0.446. The van der Waals surface area contributed by atoms with Crippen LogP contribution in [0.4, 0.5) is 0 Å². The van der Waals surface area contributed by atoms with E-state index in [0.717, 1.165) is 12.1 Å². The fourth-order valence-electron chi connectivity index (χ4n) is 2.01. The minimum atomic E-state index is -0.533. The fraction of sp³-hybridized carbons (Fsp3) is 0.667. The van der Waals surface area contributed by atoms with Gasteiger partial charge in [-0.1, -0.05) is 20.8 Å². The molecule has 2 atom stereocenters. The number of carbonyl (C=O) groups excluding carboxylic acids is 2. The zero-order chi connectivity index (χ0) is 16.0. The van der Waals surface area contributed by atoms with Crippen molar-refractivity contribution >= 4 is 11.8 Å². The molecule has 0 saturated heterocycles. The van der Waals surface area contributed by atoms with Crippen molar-refractivity contribution in [3.63, 3.8) is 0 Å². The van der Waals surface area contributed by atoms with E-state index in [-0.39, 0.29) is 23.8 Å². The molecule has 0 saturated carbocycles. The summed E-state index contributed by atoms with van der Waals surface area (Å²) >= 11 is 0. The van der Waals surface area contributed by atoms with E-state index in [1.807, 2.05) is 27.7 Å². The molecule has 0 aliphatic rings. The molecule has 2 amide bonds. The normalized spacial score (nSPS) is 13.8. The number of hydrogen-bond acceptors (Lipinski definition) is 3. The predicted molar refractivity (Wildman–Crippen MR) is 81.6 cm³/mol. The Morgan fingerprint density at radius 1 is 1.38 bits per heavy atom. The van der Waals surface area contributed by atoms with Crippen molar-refractivity contribution in [1.82, 2.24) is 20.2 Å². The summed E-state index contributed by atoms with van der Waals surface area (Å²) < 4.78 is 0. The number of carbonyl (C=O) groups is 2. The molecule has 118 valence electrons. The summed E-state index contributed by atoms with van der Waals surface area (Å²) in [5.41, 5.74) is 0.836. The Balaban J connectivity index is 2.88. The molecule has 2 N–H and O–H groups in total. The van der Waals surface area contributed by atoms with Crippen molar-refractivity contribution in [3.8, 4) is 0 Å². The van der Waals surface area contributed by atoms with Crippen molar-refractivity contribution < 1.29 is 9.59 Å². The van der Waals surface area contributed by atoms with Crippen LogP contribution in [0.25, 0.3) is 0 Å². The molecule has 1 unspecified atom stereocenters. The Bertz CT molecular complexity index is 456. The van der Waals surface area contributed by atoms with E-state index in [4.69, 9.17) is 0 Å². The van der Waals surface area contributed by atoms with Crippen LogP contribution in [0.3, 0.4) is 0 Å². The van der Waals surface area contributed by atoms with Gasteiger partial charge in [0.2, 0.25) is 11.8 Å². The predicted octanol–water partition coefficient (Wildman–Crippen LogP) is 1.35. The van der Waals surface area contributed by atoms with Crippen LogP contribution in [-0.2, 0) is 16.0 Å². The van der Waals surface area contributed by atoms with Gasteiger partial charge in [-0.15, -0.1) is 0 Å². The molecule has 6 heteroatoms. The summed E-state index contributed by atoms with van der Waals surface area (Å²) in [6.07, 6.45) is 4.53. The van der Waals surface area contributed by atoms with Crippen molar-refractivity contribution in [2.24, 2.45) is 5.92 Å². The lowest BCUT2D eigenvalue weighted by atomic mass is 10.1. The highest BCUT2D eigenvalue weighted by Gasteiger charge is 2.29. The zero-order valence-corrected chi connectivity index (χ0v) is 13.5. The van der Waals surface area contributed by atoms with Crippen LogP contribution >= 0.6 is 0 Å². The van der Waals surface area contributed by atoms with Gasteiger partial charge >= 0.3 is 0 Å². The molecule has 1 rings (SSSR count). The third-order valence-corrected chi connectivity index (χ3v) is 3.58. The highest BCUT2D eigenvalue weighted by Crippen LogP contribution is 2.10. The number of likely N-dealkylation sites (N-methyl/N-ethyl adjacent to an activating group) is 1. The molecule has 0 bridgehead atoms. The molecule has 0 aliphatic carbocycles. The van der Waals surface area contributed by atoms with Gasteiger partial charge in [0.05, 0.1) is 6.33 Å². The average molecular weight is 294 g/mol. The Morgan fingerprint density at radius 2 is 2.05 bits per heavy atom. The van der Waals surface area contributed by atoms with Gasteiger partial charge in [-0.3, -0.25) is 9.59 Å². The maximum absolute atomic E-state index is 12.5. The highest BCUT2D eigenvalue weighted by molar-refractivity contribution is 5.88. The van der Waals surface area contributed by atoms with E-state index in [2.05, 4.69) is 15.3 Å². The van der Waals surface area contributed by atoms with Gasteiger partial charge in [-0.25, -0.2) is 4.98 Å². The van der Waals surface area contributed by atoms with Gasteiger partial charge in [0.25, 0.3) is 0 Å². The second kappa shape index (κ2) is 7.81. The SMILES string of the molecule is CC[C@@H](C)NC(=O)C(Cc1cnc[nH]1)N(C)C(=O)C(C)C. The summed E-state index contributed by atoms with van der Waals surface area (Å²) in [5.74, 6) is -0.315. The summed E-state index contributed by atoms with van der Waals surface area (Å²) in [5, 5.41) is 2.95. The van der Waals surface area contributed by atoms with E-state index < -0.39 is 6.04 Å². The van der Waals surface area contributed by atoms with Gasteiger partial charge in [0.15, 0.2) is 0 Å². The van der Waals surface area contributed by atoms with Gasteiger partial charge in [0.1, 0.15) is 6.04 Å². The number of rotatable bonds is 7. The molecule has 0 aliphatic heterocycles. The van der Waals surface area contributed by atoms with Crippen LogP contribution in [0, 0.1) is 5.92 Å². The number of aromatic nitrogens is 2. The number of aromatic amines is 1. The second-order valence-electron chi connectivity index (χ2n) is 5.72. The van der Waals surface area contributed by atoms with Gasteiger partial charge in [-0.2, -0.15) is 0 Å². The monoisotopic (exact) mass is 294 g/mol. The van der Waals surface area contributed by atoms with Gasteiger partial charge in [-0.05, 0) is 13.3 Å². The van der Waals surface area contributed by atoms with E-state index in [1.54, 1.807) is 19.6 Å². The van der Waals surface area contributed by atoms with Crippen molar-refractivity contribution in [2.75, 3.05) is 7.05 Å². The molecule has 6 nitrogen and oxygen atoms in total. The second-order valence-corrected chi connectivity index (χ2v) is 5.72. The first kappa shape index (κ1) is 17.2. The zero-order valence-electron chi connectivity index (χ0n) is 13.5. The third-order valence-electron chi connectivity index (χ3n) is 3.58. The number of amides is 2. The molecular weight excluding hydrogens is 268 g/mol. The lowest BCUT2D eigenvalue weighted by Crippen LogP contribution is -2.51. The Labute approximate surface area is 126 Å². The summed E-state index contributed by atoms with van der Waals surface area (Å²) in [7, 11) is 1.68. The minimum Gasteiger partial charge on any atom is -0.352 e. The first-order valence-corrected chi connectivity index (χ1v) is 7.41. The number of nitrogens with one attached hydrogen (secondary N) is 2. The molecule has 0 aromatic carbocycles. The maximum Gasteiger partial charge on any atom is 0.243 e. The molecular formula is C15H26N4O2. The van der Waals surface area contributed by atoms with Crippen LogP contribution in [0.15, 0.2) is 12.5 Å². The number of imidazole rings is 1. The molecule has 1 heterocycles. The minimum absolute atomic E-state index is 0.0428. The maximum atomic E-state index is 12.5. The van der Waals surface area contributed by atoms with E-state index in [0.29, 0.717) is 6.42 Å². The quantitative estimate of drug-likeness (QED) is 0.797. The smallest absolute Gasteiger partial charge is 0.243 e. The first-order valence-electron chi connectivity index (χ1n) is 7.41. The van der Waals surface area contributed by atoms with Crippen LogP contribution in [0.5, 0.6) is 0 Å². The van der Waals surface area contributed by atoms with Crippen molar-refractivity contribution in [3.05, 3.63) is 18.2 Å². The molecule has 0 fully saturated rings. The largest absolute Gasteiger partial charge is 0.352 e. The molecule has 1 aromatic rings. The Hall–Kier alpha value is -1.85. The third kappa shape index (κ3) is 4.88. The topological polar surface area (TPSA) is 78.1 Å². The molecule has 0 spiro atoms. The van der Waals surface area contributed by atoms with Crippen molar-refractivity contribution in [2.45, 2.75) is 52.6 Å². The van der Waals surface area contributed by atoms with E-state index >= 15 is 0 Å². The lowest BCUT2D eigenvalue weighted by Gasteiger charge is -2.29. The van der Waals surface area contributed by atoms with Crippen LogP contribution in [0.2, 0.25) is 0 Å². The number of nitrogens with zero attached hydrogens (tertiary/aromatic N) is 2. The first-order chi connectivity index (χ1) is 9.86. The number of hydrogen-bond donors (Lipinski definition) is 2. The van der Waals surface area contributed by atoms with Crippen LogP contribution < -0.4 is 5.32 Å². The van der Waals surface area contributed by atoms with Crippen LogP contribution in [-0.4, -0.2) is 45.8 Å². The molecule has 1 aromatic heterocycles. The van der Waals surface area contributed by atoms with Crippen LogP contribution in [0.1, 0.15) is 39.8 Å². The highest BCUT2D eigenvalue weighted by atomic mass is 16.2. The standard InChI is InChI=1S/C15H26N4O2/c1-6-11(4)18-14(20)13(7-12-8-16-9-17-12)19(5)15(21)10(2)3/h8-11,13H,6-7H2,1-5H3,(H,16,17)(H,18,20)/t11-,13?/m1/s1. The Morgan fingerprint density at radius 3 is 2.52 bits per heavy atom. The summed E-state index contributed by atoms with van der Waals surface area (Å²) in [6.45, 7) is 7.63. The fourth-order valence-corrected chi connectivity index (χ4v) is 2.01. The lowest BCUT2D eigenvalue weighted by molar-refractivity contribution is -0.141. The average Bonchev–Trinajstić information content (AvgIpc) is 2.95. The Kier molecular flexibility index (Phi) is 6.39. The molecule has 0 radical (unpaired) electrons. The van der Waals surface area contributed by atoms with Crippen molar-refractivity contribution in [1.29, 1.82) is 0 Å². The number of H-pyrrole nitrogens is 1. The van der Waals surface area contributed by atoms with E-state index in [1.165, 1.54) is 4.90 Å². The van der Waals surface area contributed by atoms with Gasteiger partial charge in [0, 0.05) is 37.3 Å².